The molecule has 0 aliphatic heterocycles. The number of hydrogen-bond acceptors (Lipinski definition) is 4. The van der Waals surface area contributed by atoms with E-state index < -0.39 is 0 Å². The van der Waals surface area contributed by atoms with Gasteiger partial charge in [-0.1, -0.05) is 0 Å². The fraction of sp³-hybridized carbons (Fsp3) is 1.00. The monoisotopic (exact) mass is 122 g/mol. The molecule has 0 fully saturated rings. The van der Waals surface area contributed by atoms with Gasteiger partial charge in [-0.15, -0.1) is 0 Å². The Kier molecular flexibility index (Phi) is 13.4. The predicted molar refractivity (Wildman–Crippen MR) is 31.5 cm³/mol. The van der Waals surface area contributed by atoms with Gasteiger partial charge in [0.15, 0.2) is 0 Å². The Labute approximate surface area is 50.0 Å². The van der Waals surface area contributed by atoms with Crippen molar-refractivity contribution in [1.82, 2.24) is 10.5 Å². The molecule has 0 spiro atoms. The van der Waals surface area contributed by atoms with Gasteiger partial charge in [0.1, 0.15) is 0 Å². The van der Waals surface area contributed by atoms with Crippen LogP contribution >= 0.6 is 0 Å². The second-order valence-electron chi connectivity index (χ2n) is 1.26. The van der Waals surface area contributed by atoms with E-state index in [4.69, 9.17) is 5.21 Å². The zero-order valence-corrected chi connectivity index (χ0v) is 5.80. The molecule has 2 N–H and O–H groups in total. The van der Waals surface area contributed by atoms with Crippen LogP contribution in [0.15, 0.2) is 0 Å². The molecule has 0 aliphatic rings. The SMILES string of the molecule is CN(C)O.CNOC. The molecule has 4 nitrogen and oxygen atoms in total. The maximum absolute atomic E-state index is 7.89. The molecule has 8 heavy (non-hydrogen) atoms. The third-order valence-corrected chi connectivity index (χ3v) is 0.204. The Morgan fingerprint density at radius 2 is 1.62 bits per heavy atom. The number of hydrogen-bond donors (Lipinski definition) is 2. The normalized spacial score (nSPS) is 8.25. The van der Waals surface area contributed by atoms with Crippen LogP contribution < -0.4 is 5.48 Å². The molecule has 0 aliphatic carbocycles. The lowest BCUT2D eigenvalue weighted by molar-refractivity contribution is -0.0372. The van der Waals surface area contributed by atoms with E-state index in [0.717, 1.165) is 5.06 Å². The van der Waals surface area contributed by atoms with E-state index in [9.17, 15) is 0 Å². The second kappa shape index (κ2) is 9.96. The lowest BCUT2D eigenvalue weighted by atomic mass is 11.2. The highest BCUT2D eigenvalue weighted by Gasteiger charge is 1.59. The highest BCUT2D eigenvalue weighted by atomic mass is 16.6. The maximum atomic E-state index is 7.89. The third-order valence-electron chi connectivity index (χ3n) is 0.204. The highest BCUT2D eigenvalue weighted by molar-refractivity contribution is 3.90. The molecule has 0 radical (unpaired) electrons. The zero-order valence-electron chi connectivity index (χ0n) is 5.80. The zero-order chi connectivity index (χ0) is 6.99. The quantitative estimate of drug-likeness (QED) is 0.469. The maximum Gasteiger partial charge on any atom is 0.0572 e. The van der Waals surface area contributed by atoms with Crippen molar-refractivity contribution in [2.75, 3.05) is 28.3 Å². The Morgan fingerprint density at radius 1 is 1.50 bits per heavy atom. The molecule has 52 valence electrons. The minimum atomic E-state index is 1.00. The number of hydroxylamine groups is 3. The van der Waals surface area contributed by atoms with Gasteiger partial charge in [-0.2, -0.15) is 5.06 Å². The summed E-state index contributed by atoms with van der Waals surface area (Å²) in [6.07, 6.45) is 0. The summed E-state index contributed by atoms with van der Waals surface area (Å²) < 4.78 is 0. The van der Waals surface area contributed by atoms with Crippen molar-refractivity contribution in [3.05, 3.63) is 0 Å². The average Bonchev–Trinajstić information content (AvgIpc) is 1.65. The number of nitrogens with one attached hydrogen (secondary N) is 1. The first-order valence-electron chi connectivity index (χ1n) is 2.21. The third kappa shape index (κ3) is 194. The van der Waals surface area contributed by atoms with Gasteiger partial charge in [-0.05, 0) is 0 Å². The van der Waals surface area contributed by atoms with E-state index >= 15 is 0 Å². The van der Waals surface area contributed by atoms with E-state index in [1.165, 1.54) is 0 Å². The van der Waals surface area contributed by atoms with Crippen molar-refractivity contribution in [1.29, 1.82) is 0 Å². The number of rotatable bonds is 1. The summed E-state index contributed by atoms with van der Waals surface area (Å²) in [5.74, 6) is 0. The summed E-state index contributed by atoms with van der Waals surface area (Å²) in [4.78, 5) is 4.29. The lowest BCUT2D eigenvalue weighted by Gasteiger charge is -1.89. The lowest BCUT2D eigenvalue weighted by Crippen LogP contribution is -2.01. The Balaban J connectivity index is 0. The van der Waals surface area contributed by atoms with Crippen LogP contribution in [0.25, 0.3) is 0 Å². The van der Waals surface area contributed by atoms with Crippen molar-refractivity contribution in [3.8, 4) is 0 Å². The average molecular weight is 122 g/mol. The molecule has 4 heteroatoms. The van der Waals surface area contributed by atoms with Gasteiger partial charge in [-0.25, -0.2) is 5.48 Å². The van der Waals surface area contributed by atoms with Gasteiger partial charge in [0.25, 0.3) is 0 Å². The summed E-state index contributed by atoms with van der Waals surface area (Å²) in [7, 11) is 6.39. The van der Waals surface area contributed by atoms with E-state index in [1.807, 2.05) is 0 Å². The molecular weight excluding hydrogens is 108 g/mol. The first-order valence-corrected chi connectivity index (χ1v) is 2.21. The van der Waals surface area contributed by atoms with Gasteiger partial charge < -0.3 is 10.0 Å². The minimum absolute atomic E-state index is 1.00. The van der Waals surface area contributed by atoms with Crippen LogP contribution in [0.3, 0.4) is 0 Å². The van der Waals surface area contributed by atoms with Gasteiger partial charge in [0.05, 0.1) is 7.11 Å². The second-order valence-corrected chi connectivity index (χ2v) is 1.26. The van der Waals surface area contributed by atoms with Crippen LogP contribution in [0, 0.1) is 0 Å². The molecule has 0 aromatic heterocycles. The largest absolute Gasteiger partial charge is 0.315 e. The number of nitrogens with zero attached hydrogens (tertiary/aromatic N) is 1. The Bertz CT molecular complexity index is 28.5. The summed E-state index contributed by atoms with van der Waals surface area (Å²) in [6.45, 7) is 0. The molecule has 0 unspecified atom stereocenters. The van der Waals surface area contributed by atoms with Crippen LogP contribution in [0.4, 0.5) is 0 Å². The molecule has 0 amide bonds. The molecule has 0 aromatic rings. The van der Waals surface area contributed by atoms with Gasteiger partial charge >= 0.3 is 0 Å². The van der Waals surface area contributed by atoms with E-state index in [1.54, 1.807) is 28.3 Å². The highest BCUT2D eigenvalue weighted by Crippen LogP contribution is 1.46. The summed E-state index contributed by atoms with van der Waals surface area (Å²) >= 11 is 0. The first-order chi connectivity index (χ1) is 3.65. The van der Waals surface area contributed by atoms with E-state index in [0.29, 0.717) is 0 Å². The van der Waals surface area contributed by atoms with Gasteiger partial charge in [0, 0.05) is 21.1 Å². The fourth-order valence-corrected chi connectivity index (χ4v) is 0. The standard InChI is InChI=1S/2C2H7NO/c1-3-4-2;1-3(2)4/h3H,1-2H3;4H,1-2H3. The van der Waals surface area contributed by atoms with Crippen LogP contribution in [-0.4, -0.2) is 38.5 Å². The van der Waals surface area contributed by atoms with E-state index in [-0.39, 0.29) is 0 Å². The van der Waals surface area contributed by atoms with Gasteiger partial charge in [0.2, 0.25) is 0 Å². The van der Waals surface area contributed by atoms with Crippen molar-refractivity contribution in [2.24, 2.45) is 0 Å². The van der Waals surface area contributed by atoms with Crippen LogP contribution in [0.2, 0.25) is 0 Å². The topological polar surface area (TPSA) is 44.7 Å². The fourth-order valence-electron chi connectivity index (χ4n) is 0. The summed E-state index contributed by atoms with van der Waals surface area (Å²) in [5, 5.41) is 8.89. The summed E-state index contributed by atoms with van der Waals surface area (Å²) in [5.41, 5.74) is 2.43. The smallest absolute Gasteiger partial charge is 0.0572 e. The molecule has 0 bridgehead atoms. The van der Waals surface area contributed by atoms with Crippen LogP contribution in [0.5, 0.6) is 0 Å². The Hall–Kier alpha value is -0.160. The van der Waals surface area contributed by atoms with Crippen molar-refractivity contribution < 1.29 is 10.0 Å². The minimum Gasteiger partial charge on any atom is -0.315 e. The molecule has 0 heterocycles. The molecule has 0 atom stereocenters. The molecule has 0 saturated carbocycles. The predicted octanol–water partition coefficient (Wildman–Crippen LogP) is -0.296. The van der Waals surface area contributed by atoms with Crippen molar-refractivity contribution in [2.45, 2.75) is 0 Å². The van der Waals surface area contributed by atoms with Crippen LogP contribution in [0.1, 0.15) is 0 Å². The molecular formula is C4H14N2O2. The summed E-state index contributed by atoms with van der Waals surface area (Å²) in [6, 6.07) is 0. The first kappa shape index (κ1) is 10.8. The molecule has 0 saturated heterocycles. The molecule has 0 aromatic carbocycles. The Morgan fingerprint density at radius 3 is 1.62 bits per heavy atom. The van der Waals surface area contributed by atoms with Crippen molar-refractivity contribution in [3.63, 3.8) is 0 Å². The van der Waals surface area contributed by atoms with Gasteiger partial charge in [-0.3, -0.25) is 0 Å². The van der Waals surface area contributed by atoms with Crippen LogP contribution in [-0.2, 0) is 4.84 Å². The van der Waals surface area contributed by atoms with E-state index in [2.05, 4.69) is 10.3 Å². The molecule has 0 rings (SSSR count). The van der Waals surface area contributed by atoms with Crippen molar-refractivity contribution >= 4 is 0 Å².